The van der Waals surface area contributed by atoms with E-state index in [1.807, 2.05) is 19.0 Å². The molecule has 1 rings (SSSR count). The minimum Gasteiger partial charge on any atom is -0.378 e. The Labute approximate surface area is 99.4 Å². The summed E-state index contributed by atoms with van der Waals surface area (Å²) in [5.41, 5.74) is 1.32. The smallest absolute Gasteiger partial charge is 0.262 e. The van der Waals surface area contributed by atoms with Crippen molar-refractivity contribution >= 4 is 11.6 Å². The summed E-state index contributed by atoms with van der Waals surface area (Å²) in [5, 5.41) is 2.24. The number of hydrogen-bond donors (Lipinski definition) is 1. The van der Waals surface area contributed by atoms with Gasteiger partial charge in [-0.1, -0.05) is 12.1 Å². The lowest BCUT2D eigenvalue weighted by molar-refractivity contribution is -0.120. The van der Waals surface area contributed by atoms with Crippen LogP contribution in [0, 0.1) is 0 Å². The van der Waals surface area contributed by atoms with Crippen LogP contribution in [0.3, 0.4) is 0 Å². The fraction of sp³-hybridized carbons (Fsp3) is 0.417. The van der Waals surface area contributed by atoms with Crippen LogP contribution in [0.2, 0.25) is 0 Å². The minimum atomic E-state index is -2.62. The van der Waals surface area contributed by atoms with Gasteiger partial charge in [0.15, 0.2) is 0 Å². The van der Waals surface area contributed by atoms with Gasteiger partial charge in [-0.25, -0.2) is 8.78 Å². The molecule has 94 valence electrons. The summed E-state index contributed by atoms with van der Waals surface area (Å²) in [5.74, 6) is -0.466. The van der Waals surface area contributed by atoms with Gasteiger partial charge >= 0.3 is 0 Å². The van der Waals surface area contributed by atoms with Gasteiger partial charge in [0, 0.05) is 26.7 Å². The molecule has 0 aromatic heterocycles. The largest absolute Gasteiger partial charge is 0.378 e. The zero-order valence-corrected chi connectivity index (χ0v) is 10.1. The van der Waals surface area contributed by atoms with Crippen LogP contribution < -0.4 is 10.2 Å². The van der Waals surface area contributed by atoms with Gasteiger partial charge < -0.3 is 10.2 Å². The molecule has 1 aromatic carbocycles. The maximum Gasteiger partial charge on any atom is 0.262 e. The van der Waals surface area contributed by atoms with E-state index in [-0.39, 0.29) is 0 Å². The van der Waals surface area contributed by atoms with E-state index in [1.54, 1.807) is 24.3 Å². The highest BCUT2D eigenvalue weighted by Gasteiger charge is 2.22. The Balaban J connectivity index is 2.91. The second-order valence-corrected chi connectivity index (χ2v) is 4.00. The molecule has 0 radical (unpaired) electrons. The molecular weight excluding hydrogens is 226 g/mol. The fourth-order valence-electron chi connectivity index (χ4n) is 1.49. The third-order valence-corrected chi connectivity index (χ3v) is 2.38. The number of hydrogen-bond acceptors (Lipinski definition) is 2. The maximum atomic E-state index is 12.8. The lowest BCUT2D eigenvalue weighted by Crippen LogP contribution is -2.31. The van der Waals surface area contributed by atoms with Crippen LogP contribution in [0.15, 0.2) is 24.3 Å². The van der Waals surface area contributed by atoms with Crippen LogP contribution in [-0.2, 0) is 4.79 Å². The molecule has 0 saturated heterocycles. The van der Waals surface area contributed by atoms with E-state index in [1.165, 1.54) is 6.92 Å². The van der Waals surface area contributed by atoms with E-state index in [0.29, 0.717) is 5.56 Å². The molecule has 0 fully saturated rings. The van der Waals surface area contributed by atoms with Crippen molar-refractivity contribution in [3.05, 3.63) is 29.8 Å². The van der Waals surface area contributed by atoms with Crippen molar-refractivity contribution in [1.82, 2.24) is 5.32 Å². The average Bonchev–Trinajstić information content (AvgIpc) is 2.25. The lowest BCUT2D eigenvalue weighted by atomic mass is 10.1. The number of carbonyl (C=O) groups is 1. The zero-order chi connectivity index (χ0) is 13.0. The number of carbonyl (C=O) groups excluding carboxylic acids is 1. The van der Waals surface area contributed by atoms with Gasteiger partial charge in [0.1, 0.15) is 6.04 Å². The van der Waals surface area contributed by atoms with Gasteiger partial charge in [-0.05, 0) is 17.7 Å². The molecule has 5 heteroatoms. The molecule has 0 bridgehead atoms. The number of anilines is 1. The molecule has 0 aliphatic rings. The second-order valence-electron chi connectivity index (χ2n) is 4.00. The number of halogens is 2. The molecule has 0 heterocycles. The summed E-state index contributed by atoms with van der Waals surface area (Å²) >= 11 is 0. The van der Waals surface area contributed by atoms with Crippen molar-refractivity contribution in [2.45, 2.75) is 19.4 Å². The minimum absolute atomic E-state index is 0.404. The third kappa shape index (κ3) is 3.69. The van der Waals surface area contributed by atoms with Gasteiger partial charge in [0.25, 0.3) is 6.43 Å². The van der Waals surface area contributed by atoms with Crippen molar-refractivity contribution in [1.29, 1.82) is 0 Å². The first-order chi connectivity index (χ1) is 7.91. The predicted octanol–water partition coefficient (Wildman–Crippen LogP) is 2.19. The zero-order valence-electron chi connectivity index (χ0n) is 10.1. The van der Waals surface area contributed by atoms with Crippen molar-refractivity contribution in [2.75, 3.05) is 19.0 Å². The average molecular weight is 242 g/mol. The van der Waals surface area contributed by atoms with Crippen molar-refractivity contribution in [3.63, 3.8) is 0 Å². The molecule has 0 aliphatic heterocycles. The van der Waals surface area contributed by atoms with Crippen LogP contribution in [0.4, 0.5) is 14.5 Å². The Morgan fingerprint density at radius 1 is 1.24 bits per heavy atom. The Morgan fingerprint density at radius 3 is 2.12 bits per heavy atom. The molecule has 0 spiro atoms. The third-order valence-electron chi connectivity index (χ3n) is 2.38. The molecule has 1 aromatic rings. The molecule has 1 unspecified atom stereocenters. The highest BCUT2D eigenvalue weighted by Crippen LogP contribution is 2.23. The Bertz CT molecular complexity index is 377. The van der Waals surface area contributed by atoms with E-state index >= 15 is 0 Å². The molecule has 17 heavy (non-hydrogen) atoms. The first-order valence-corrected chi connectivity index (χ1v) is 5.24. The van der Waals surface area contributed by atoms with E-state index in [2.05, 4.69) is 5.32 Å². The van der Waals surface area contributed by atoms with Gasteiger partial charge in [0.05, 0.1) is 0 Å². The number of rotatable bonds is 4. The van der Waals surface area contributed by atoms with Crippen molar-refractivity contribution < 1.29 is 13.6 Å². The predicted molar refractivity (Wildman–Crippen MR) is 63.3 cm³/mol. The molecule has 1 atom stereocenters. The Hall–Kier alpha value is -1.65. The molecule has 3 nitrogen and oxygen atoms in total. The highest BCUT2D eigenvalue weighted by molar-refractivity contribution is 5.73. The van der Waals surface area contributed by atoms with E-state index < -0.39 is 18.4 Å². The van der Waals surface area contributed by atoms with Gasteiger partial charge in [-0.15, -0.1) is 0 Å². The molecule has 0 aliphatic carbocycles. The SMILES string of the molecule is CC(=O)NC(c1ccc(N(C)C)cc1)C(F)F. The highest BCUT2D eigenvalue weighted by atomic mass is 19.3. The Kier molecular flexibility index (Phi) is 4.43. The number of benzene rings is 1. The first-order valence-electron chi connectivity index (χ1n) is 5.24. The first kappa shape index (κ1) is 13.4. The monoisotopic (exact) mass is 242 g/mol. The summed E-state index contributed by atoms with van der Waals surface area (Å²) in [6.45, 7) is 1.23. The maximum absolute atomic E-state index is 12.8. The van der Waals surface area contributed by atoms with Crippen LogP contribution in [0.1, 0.15) is 18.5 Å². The van der Waals surface area contributed by atoms with Gasteiger partial charge in [-0.3, -0.25) is 4.79 Å². The van der Waals surface area contributed by atoms with Crippen LogP contribution in [-0.4, -0.2) is 26.4 Å². The summed E-state index contributed by atoms with van der Waals surface area (Å²) in [7, 11) is 3.74. The normalized spacial score (nSPS) is 12.4. The number of nitrogens with one attached hydrogen (secondary N) is 1. The quantitative estimate of drug-likeness (QED) is 0.877. The molecule has 0 saturated carbocycles. The topological polar surface area (TPSA) is 32.3 Å². The molecule has 1 N–H and O–H groups in total. The second kappa shape index (κ2) is 5.61. The lowest BCUT2D eigenvalue weighted by Gasteiger charge is -2.19. The van der Waals surface area contributed by atoms with Crippen LogP contribution in [0.25, 0.3) is 0 Å². The van der Waals surface area contributed by atoms with E-state index in [0.717, 1.165) is 5.69 Å². The van der Waals surface area contributed by atoms with E-state index in [4.69, 9.17) is 0 Å². The molecular formula is C12H16F2N2O. The van der Waals surface area contributed by atoms with Crippen LogP contribution >= 0.6 is 0 Å². The number of nitrogens with zero attached hydrogens (tertiary/aromatic N) is 1. The fourth-order valence-corrected chi connectivity index (χ4v) is 1.49. The number of amides is 1. The van der Waals surface area contributed by atoms with Crippen LogP contribution in [0.5, 0.6) is 0 Å². The Morgan fingerprint density at radius 2 is 1.76 bits per heavy atom. The summed E-state index contributed by atoms with van der Waals surface area (Å²) in [6.07, 6.45) is -2.62. The van der Waals surface area contributed by atoms with E-state index in [9.17, 15) is 13.6 Å². The van der Waals surface area contributed by atoms with Gasteiger partial charge in [-0.2, -0.15) is 0 Å². The molecule has 1 amide bonds. The summed E-state index contributed by atoms with van der Waals surface area (Å²) < 4.78 is 25.6. The summed E-state index contributed by atoms with van der Waals surface area (Å²) in [4.78, 5) is 12.7. The van der Waals surface area contributed by atoms with Crippen molar-refractivity contribution in [3.8, 4) is 0 Å². The summed E-state index contributed by atoms with van der Waals surface area (Å²) in [6, 6.07) is 5.44. The number of alkyl halides is 2. The van der Waals surface area contributed by atoms with Crippen molar-refractivity contribution in [2.24, 2.45) is 0 Å². The van der Waals surface area contributed by atoms with Gasteiger partial charge in [0.2, 0.25) is 5.91 Å². The standard InChI is InChI=1S/C12H16F2N2O/c1-8(17)15-11(12(13)14)9-4-6-10(7-5-9)16(2)3/h4-7,11-12H,1-3H3,(H,15,17).